The van der Waals surface area contributed by atoms with Crippen molar-refractivity contribution in [3.8, 4) is 0 Å². The smallest absolute Gasteiger partial charge is 0.229 e. The van der Waals surface area contributed by atoms with Gasteiger partial charge in [-0.1, -0.05) is 0 Å². The quantitative estimate of drug-likeness (QED) is 0.796. The van der Waals surface area contributed by atoms with Crippen LogP contribution in [0.4, 0.5) is 0 Å². The maximum absolute atomic E-state index is 12.6. The molecule has 2 saturated carbocycles. The van der Waals surface area contributed by atoms with Crippen molar-refractivity contribution in [1.29, 1.82) is 0 Å². The van der Waals surface area contributed by atoms with Crippen molar-refractivity contribution in [3.05, 3.63) is 0 Å². The van der Waals surface area contributed by atoms with Crippen molar-refractivity contribution >= 4 is 5.91 Å². The third-order valence-corrected chi connectivity index (χ3v) is 5.16. The van der Waals surface area contributed by atoms with Gasteiger partial charge in [-0.05, 0) is 57.3 Å². The van der Waals surface area contributed by atoms with Crippen LogP contribution in [-0.4, -0.2) is 29.9 Å². The lowest BCUT2D eigenvalue weighted by molar-refractivity contribution is -0.138. The molecule has 2 aliphatic carbocycles. The first kappa shape index (κ1) is 11.5. The molecular weight excluding hydrogens is 212 g/mol. The molecule has 17 heavy (non-hydrogen) atoms. The van der Waals surface area contributed by atoms with Gasteiger partial charge < -0.3 is 10.6 Å². The second-order valence-corrected chi connectivity index (χ2v) is 6.27. The van der Waals surface area contributed by atoms with Gasteiger partial charge in [-0.15, -0.1) is 0 Å². The van der Waals surface area contributed by atoms with E-state index in [1.54, 1.807) is 0 Å². The van der Waals surface area contributed by atoms with E-state index in [-0.39, 0.29) is 5.41 Å². The Hall–Kier alpha value is -0.570. The van der Waals surface area contributed by atoms with E-state index in [0.29, 0.717) is 17.9 Å². The predicted octanol–water partition coefficient (Wildman–Crippen LogP) is 1.91. The first-order valence-corrected chi connectivity index (χ1v) is 7.27. The highest BCUT2D eigenvalue weighted by Crippen LogP contribution is 2.57. The molecule has 0 bridgehead atoms. The van der Waals surface area contributed by atoms with E-state index < -0.39 is 0 Å². The maximum atomic E-state index is 12.6. The molecule has 1 heterocycles. The topological polar surface area (TPSA) is 46.3 Å². The number of carbonyl (C=O) groups is 1. The normalized spacial score (nSPS) is 35.9. The molecule has 1 saturated heterocycles. The van der Waals surface area contributed by atoms with Crippen molar-refractivity contribution in [1.82, 2.24) is 4.90 Å². The third kappa shape index (κ3) is 1.99. The van der Waals surface area contributed by atoms with Gasteiger partial charge in [-0.3, -0.25) is 4.79 Å². The first-order chi connectivity index (χ1) is 8.22. The number of carbonyl (C=O) groups excluding carboxylic acids is 1. The Bertz CT molecular complexity index is 297. The van der Waals surface area contributed by atoms with Gasteiger partial charge in [0.2, 0.25) is 5.91 Å². The molecule has 0 atom stereocenters. The van der Waals surface area contributed by atoms with E-state index in [9.17, 15) is 4.79 Å². The first-order valence-electron chi connectivity index (χ1n) is 7.27. The summed E-state index contributed by atoms with van der Waals surface area (Å²) < 4.78 is 0. The van der Waals surface area contributed by atoms with Gasteiger partial charge in [-0.2, -0.15) is 0 Å². The van der Waals surface area contributed by atoms with E-state index in [2.05, 4.69) is 4.90 Å². The molecule has 0 radical (unpaired) electrons. The molecular formula is C14H24N2O. The van der Waals surface area contributed by atoms with Crippen molar-refractivity contribution in [2.75, 3.05) is 13.1 Å². The zero-order valence-corrected chi connectivity index (χ0v) is 10.7. The molecule has 3 fully saturated rings. The number of rotatable bonds is 2. The van der Waals surface area contributed by atoms with Gasteiger partial charge in [0.1, 0.15) is 0 Å². The molecule has 0 unspecified atom stereocenters. The molecule has 0 aromatic rings. The Balaban J connectivity index is 1.66. The SMILES string of the molecule is NC1CCC(C2(C(=O)N3CCCC3)CC2)CC1. The van der Waals surface area contributed by atoms with E-state index >= 15 is 0 Å². The van der Waals surface area contributed by atoms with E-state index in [1.807, 2.05) is 0 Å². The summed E-state index contributed by atoms with van der Waals surface area (Å²) in [7, 11) is 0. The van der Waals surface area contributed by atoms with Crippen LogP contribution in [0.15, 0.2) is 0 Å². The van der Waals surface area contributed by atoms with Crippen LogP contribution >= 0.6 is 0 Å². The minimum absolute atomic E-state index is 0.0600. The van der Waals surface area contributed by atoms with Gasteiger partial charge in [0, 0.05) is 19.1 Å². The zero-order valence-electron chi connectivity index (χ0n) is 10.7. The fraction of sp³-hybridized carbons (Fsp3) is 0.929. The number of hydrogen-bond acceptors (Lipinski definition) is 2. The largest absolute Gasteiger partial charge is 0.342 e. The van der Waals surface area contributed by atoms with E-state index in [0.717, 1.165) is 38.8 Å². The molecule has 1 amide bonds. The minimum atomic E-state index is 0.0600. The number of amides is 1. The highest BCUT2D eigenvalue weighted by Gasteiger charge is 2.56. The van der Waals surface area contributed by atoms with Crippen LogP contribution < -0.4 is 5.73 Å². The standard InChI is InChI=1S/C14H24N2O/c15-12-5-3-11(4-6-12)14(7-8-14)13(17)16-9-1-2-10-16/h11-12H,1-10,15H2. The number of nitrogens with two attached hydrogens (primary N) is 1. The number of hydrogen-bond donors (Lipinski definition) is 1. The summed E-state index contributed by atoms with van der Waals surface area (Å²) in [6.07, 6.45) is 9.31. The molecule has 0 aromatic carbocycles. The Morgan fingerprint density at radius 2 is 1.65 bits per heavy atom. The lowest BCUT2D eigenvalue weighted by Crippen LogP contribution is -2.41. The highest BCUT2D eigenvalue weighted by atomic mass is 16.2. The lowest BCUT2D eigenvalue weighted by atomic mass is 9.75. The van der Waals surface area contributed by atoms with Crippen LogP contribution in [-0.2, 0) is 4.79 Å². The maximum Gasteiger partial charge on any atom is 0.229 e. The number of nitrogens with zero attached hydrogens (tertiary/aromatic N) is 1. The molecule has 0 spiro atoms. The van der Waals surface area contributed by atoms with Gasteiger partial charge in [-0.25, -0.2) is 0 Å². The molecule has 3 rings (SSSR count). The lowest BCUT2D eigenvalue weighted by Gasteiger charge is -2.34. The van der Waals surface area contributed by atoms with Gasteiger partial charge in [0.15, 0.2) is 0 Å². The van der Waals surface area contributed by atoms with Crippen LogP contribution in [0.25, 0.3) is 0 Å². The summed E-state index contributed by atoms with van der Waals surface area (Å²) in [6.45, 7) is 2.01. The van der Waals surface area contributed by atoms with Crippen molar-refractivity contribution < 1.29 is 4.79 Å². The van der Waals surface area contributed by atoms with Gasteiger partial charge in [0.25, 0.3) is 0 Å². The molecule has 3 nitrogen and oxygen atoms in total. The van der Waals surface area contributed by atoms with Crippen molar-refractivity contribution in [3.63, 3.8) is 0 Å². The summed E-state index contributed by atoms with van der Waals surface area (Å²) in [6, 6.07) is 0.393. The Morgan fingerprint density at radius 1 is 1.06 bits per heavy atom. The third-order valence-electron chi connectivity index (χ3n) is 5.16. The summed E-state index contributed by atoms with van der Waals surface area (Å²) >= 11 is 0. The second-order valence-electron chi connectivity index (χ2n) is 6.27. The summed E-state index contributed by atoms with van der Waals surface area (Å²) in [5.74, 6) is 1.12. The molecule has 96 valence electrons. The van der Waals surface area contributed by atoms with Crippen LogP contribution in [0.5, 0.6) is 0 Å². The molecule has 0 aromatic heterocycles. The van der Waals surface area contributed by atoms with E-state index in [4.69, 9.17) is 5.73 Å². The summed E-state index contributed by atoms with van der Waals surface area (Å²) in [4.78, 5) is 14.7. The van der Waals surface area contributed by atoms with Crippen LogP contribution in [0, 0.1) is 11.3 Å². The highest BCUT2D eigenvalue weighted by molar-refractivity contribution is 5.86. The monoisotopic (exact) mass is 236 g/mol. The second kappa shape index (κ2) is 4.27. The van der Waals surface area contributed by atoms with Gasteiger partial charge >= 0.3 is 0 Å². The zero-order chi connectivity index (χ0) is 11.9. The number of likely N-dealkylation sites (tertiary alicyclic amines) is 1. The average Bonchev–Trinajstić information content (AvgIpc) is 2.97. The molecule has 2 N–H and O–H groups in total. The van der Waals surface area contributed by atoms with Crippen LogP contribution in [0.3, 0.4) is 0 Å². The molecule has 3 aliphatic rings. The van der Waals surface area contributed by atoms with Crippen molar-refractivity contribution in [2.45, 2.75) is 57.4 Å². The molecule has 3 heteroatoms. The fourth-order valence-electron chi connectivity index (χ4n) is 3.84. The van der Waals surface area contributed by atoms with E-state index in [1.165, 1.54) is 25.7 Å². The van der Waals surface area contributed by atoms with Crippen LogP contribution in [0.2, 0.25) is 0 Å². The minimum Gasteiger partial charge on any atom is -0.342 e. The Morgan fingerprint density at radius 3 is 2.18 bits per heavy atom. The predicted molar refractivity (Wildman–Crippen MR) is 67.4 cm³/mol. The summed E-state index contributed by atoms with van der Waals surface area (Å²) in [5.41, 5.74) is 6.02. The van der Waals surface area contributed by atoms with Crippen molar-refractivity contribution in [2.24, 2.45) is 17.1 Å². The van der Waals surface area contributed by atoms with Gasteiger partial charge in [0.05, 0.1) is 5.41 Å². The van der Waals surface area contributed by atoms with Crippen LogP contribution in [0.1, 0.15) is 51.4 Å². The Kier molecular flexibility index (Phi) is 2.89. The molecule has 1 aliphatic heterocycles. The summed E-state index contributed by atoms with van der Waals surface area (Å²) in [5, 5.41) is 0. The Labute approximate surface area is 104 Å². The fourth-order valence-corrected chi connectivity index (χ4v) is 3.84. The average molecular weight is 236 g/mol.